The highest BCUT2D eigenvalue weighted by Crippen LogP contribution is 2.14. The highest BCUT2D eigenvalue weighted by Gasteiger charge is 2.11. The van der Waals surface area contributed by atoms with Gasteiger partial charge < -0.3 is 10.4 Å². The van der Waals surface area contributed by atoms with Crippen LogP contribution in [0.25, 0.3) is 0 Å². The molecule has 0 aromatic heterocycles. The Labute approximate surface area is 96.5 Å². The summed E-state index contributed by atoms with van der Waals surface area (Å²) >= 11 is 0. The van der Waals surface area contributed by atoms with Crippen LogP contribution >= 0.6 is 0 Å². The van der Waals surface area contributed by atoms with Crippen molar-refractivity contribution < 1.29 is 9.90 Å². The van der Waals surface area contributed by atoms with Crippen molar-refractivity contribution in [3.63, 3.8) is 0 Å². The van der Waals surface area contributed by atoms with Crippen LogP contribution in [-0.2, 0) is 4.79 Å². The van der Waals surface area contributed by atoms with Crippen LogP contribution in [0.2, 0.25) is 0 Å². The smallest absolute Gasteiger partial charge is 0.304 e. The number of hydrogen-bond donors (Lipinski definition) is 2. The summed E-state index contributed by atoms with van der Waals surface area (Å²) in [4.78, 5) is 10.5. The Kier molecular flexibility index (Phi) is 4.50. The van der Waals surface area contributed by atoms with Gasteiger partial charge in [-0.3, -0.25) is 4.79 Å². The second-order valence-corrected chi connectivity index (χ2v) is 4.30. The van der Waals surface area contributed by atoms with Crippen LogP contribution in [0, 0.1) is 6.92 Å². The lowest BCUT2D eigenvalue weighted by atomic mass is 10.0. The van der Waals surface area contributed by atoms with Gasteiger partial charge in [-0.05, 0) is 26.3 Å². The van der Waals surface area contributed by atoms with E-state index in [4.69, 9.17) is 5.11 Å². The largest absolute Gasteiger partial charge is 0.481 e. The maximum Gasteiger partial charge on any atom is 0.304 e. The molecule has 1 unspecified atom stereocenters. The lowest BCUT2D eigenvalue weighted by Crippen LogP contribution is -2.30. The van der Waals surface area contributed by atoms with Gasteiger partial charge in [0.25, 0.3) is 0 Å². The van der Waals surface area contributed by atoms with E-state index >= 15 is 0 Å². The Morgan fingerprint density at radius 2 is 2.12 bits per heavy atom. The fourth-order valence-corrected chi connectivity index (χ4v) is 1.78. The van der Waals surface area contributed by atoms with Crippen LogP contribution in [0.1, 0.15) is 37.4 Å². The SMILES string of the molecule is Cc1cccc([C@@H](C)NC(C)CC(=O)O)c1. The first kappa shape index (κ1) is 12.7. The molecule has 0 saturated carbocycles. The number of carboxylic acids is 1. The van der Waals surface area contributed by atoms with Crippen LogP contribution in [0.15, 0.2) is 24.3 Å². The third kappa shape index (κ3) is 4.03. The molecule has 16 heavy (non-hydrogen) atoms. The summed E-state index contributed by atoms with van der Waals surface area (Å²) in [6, 6.07) is 8.40. The maximum atomic E-state index is 10.5. The Bertz CT molecular complexity index is 363. The van der Waals surface area contributed by atoms with E-state index in [2.05, 4.69) is 30.4 Å². The average molecular weight is 221 g/mol. The molecule has 2 N–H and O–H groups in total. The minimum Gasteiger partial charge on any atom is -0.481 e. The molecule has 2 atom stereocenters. The zero-order valence-electron chi connectivity index (χ0n) is 10.0. The van der Waals surface area contributed by atoms with Gasteiger partial charge in [0.1, 0.15) is 0 Å². The van der Waals surface area contributed by atoms with Gasteiger partial charge in [-0.2, -0.15) is 0 Å². The van der Waals surface area contributed by atoms with Gasteiger partial charge in [0.2, 0.25) is 0 Å². The van der Waals surface area contributed by atoms with Crippen molar-refractivity contribution in [2.45, 2.75) is 39.3 Å². The molecule has 3 heteroatoms. The molecule has 0 fully saturated rings. The van der Waals surface area contributed by atoms with E-state index in [0.29, 0.717) is 0 Å². The lowest BCUT2D eigenvalue weighted by molar-refractivity contribution is -0.137. The number of aryl methyl sites for hydroxylation is 1. The molecule has 1 aromatic carbocycles. The lowest BCUT2D eigenvalue weighted by Gasteiger charge is -2.19. The van der Waals surface area contributed by atoms with E-state index in [1.54, 1.807) is 0 Å². The van der Waals surface area contributed by atoms with E-state index in [1.165, 1.54) is 11.1 Å². The van der Waals surface area contributed by atoms with Crippen molar-refractivity contribution in [2.75, 3.05) is 0 Å². The summed E-state index contributed by atoms with van der Waals surface area (Å²) in [5.74, 6) is -0.767. The minimum atomic E-state index is -0.767. The molecule has 0 bridgehead atoms. The molecule has 0 radical (unpaired) electrons. The Morgan fingerprint density at radius 3 is 2.69 bits per heavy atom. The quantitative estimate of drug-likeness (QED) is 0.803. The topological polar surface area (TPSA) is 49.3 Å². The zero-order valence-corrected chi connectivity index (χ0v) is 10.0. The van der Waals surface area contributed by atoms with Crippen LogP contribution in [0.4, 0.5) is 0 Å². The van der Waals surface area contributed by atoms with Crippen LogP contribution in [0.5, 0.6) is 0 Å². The molecule has 1 aromatic rings. The van der Waals surface area contributed by atoms with Crippen molar-refractivity contribution >= 4 is 5.97 Å². The normalized spacial score (nSPS) is 14.4. The third-order valence-electron chi connectivity index (χ3n) is 2.56. The second-order valence-electron chi connectivity index (χ2n) is 4.30. The van der Waals surface area contributed by atoms with Crippen molar-refractivity contribution in [1.29, 1.82) is 0 Å². The molecule has 0 aliphatic heterocycles. The molecular formula is C13H19NO2. The molecule has 88 valence electrons. The van der Waals surface area contributed by atoms with Crippen molar-refractivity contribution in [3.05, 3.63) is 35.4 Å². The molecule has 1 rings (SSSR count). The molecular weight excluding hydrogens is 202 g/mol. The first-order valence-corrected chi connectivity index (χ1v) is 5.53. The third-order valence-corrected chi connectivity index (χ3v) is 2.56. The summed E-state index contributed by atoms with van der Waals surface area (Å²) in [6.07, 6.45) is 0.149. The van der Waals surface area contributed by atoms with E-state index < -0.39 is 5.97 Å². The number of hydrogen-bond acceptors (Lipinski definition) is 2. The second kappa shape index (κ2) is 5.66. The monoisotopic (exact) mass is 221 g/mol. The minimum absolute atomic E-state index is 0.0204. The van der Waals surface area contributed by atoms with Crippen molar-refractivity contribution in [1.82, 2.24) is 5.32 Å². The van der Waals surface area contributed by atoms with Crippen LogP contribution < -0.4 is 5.32 Å². The van der Waals surface area contributed by atoms with Gasteiger partial charge in [0.15, 0.2) is 0 Å². The summed E-state index contributed by atoms with van der Waals surface area (Å²) in [5, 5.41) is 11.9. The summed E-state index contributed by atoms with van der Waals surface area (Å²) in [5.41, 5.74) is 2.41. The van der Waals surface area contributed by atoms with E-state index in [0.717, 1.165) is 0 Å². The summed E-state index contributed by atoms with van der Waals surface area (Å²) in [6.45, 7) is 5.99. The number of rotatable bonds is 5. The molecule has 0 saturated heterocycles. The van der Waals surface area contributed by atoms with Gasteiger partial charge in [-0.1, -0.05) is 29.8 Å². The zero-order chi connectivity index (χ0) is 12.1. The summed E-state index contributed by atoms with van der Waals surface area (Å²) < 4.78 is 0. The van der Waals surface area contributed by atoms with Crippen molar-refractivity contribution in [2.24, 2.45) is 0 Å². The molecule has 0 aliphatic carbocycles. The summed E-state index contributed by atoms with van der Waals surface area (Å²) in [7, 11) is 0. The fourth-order valence-electron chi connectivity index (χ4n) is 1.78. The maximum absolute atomic E-state index is 10.5. The Hall–Kier alpha value is -1.35. The fraction of sp³-hybridized carbons (Fsp3) is 0.462. The highest BCUT2D eigenvalue weighted by molar-refractivity contribution is 5.67. The van der Waals surface area contributed by atoms with E-state index in [9.17, 15) is 4.79 Å². The number of carbonyl (C=O) groups is 1. The molecule has 0 amide bonds. The highest BCUT2D eigenvalue weighted by atomic mass is 16.4. The average Bonchev–Trinajstić information content (AvgIpc) is 2.16. The first-order chi connectivity index (χ1) is 7.49. The van der Waals surface area contributed by atoms with Gasteiger partial charge in [0, 0.05) is 12.1 Å². The van der Waals surface area contributed by atoms with Gasteiger partial charge >= 0.3 is 5.97 Å². The molecule has 0 spiro atoms. The first-order valence-electron chi connectivity index (χ1n) is 5.53. The van der Waals surface area contributed by atoms with E-state index in [1.807, 2.05) is 19.9 Å². The Morgan fingerprint density at radius 1 is 1.44 bits per heavy atom. The number of benzene rings is 1. The van der Waals surface area contributed by atoms with Gasteiger partial charge in [-0.25, -0.2) is 0 Å². The van der Waals surface area contributed by atoms with Crippen LogP contribution in [0.3, 0.4) is 0 Å². The predicted molar refractivity (Wildman–Crippen MR) is 64.4 cm³/mol. The van der Waals surface area contributed by atoms with E-state index in [-0.39, 0.29) is 18.5 Å². The number of nitrogens with one attached hydrogen (secondary N) is 1. The molecule has 0 aliphatic rings. The standard InChI is InChI=1S/C13H19NO2/c1-9-5-4-6-12(7-9)11(3)14-10(2)8-13(15)16/h4-7,10-11,14H,8H2,1-3H3,(H,15,16)/t10?,11-/m1/s1. The molecule has 0 heterocycles. The molecule has 3 nitrogen and oxygen atoms in total. The number of aliphatic carboxylic acids is 1. The number of carboxylic acid groups (broad SMARTS) is 1. The van der Waals surface area contributed by atoms with Crippen molar-refractivity contribution in [3.8, 4) is 0 Å². The van der Waals surface area contributed by atoms with Gasteiger partial charge in [0.05, 0.1) is 6.42 Å². The Balaban J connectivity index is 2.58. The predicted octanol–water partition coefficient (Wildman–Crippen LogP) is 2.51. The van der Waals surface area contributed by atoms with Gasteiger partial charge in [-0.15, -0.1) is 0 Å². The van der Waals surface area contributed by atoms with Crippen LogP contribution in [-0.4, -0.2) is 17.1 Å².